The van der Waals surface area contributed by atoms with Crippen molar-refractivity contribution in [2.75, 3.05) is 5.32 Å². The summed E-state index contributed by atoms with van der Waals surface area (Å²) in [7, 11) is -3.78. The van der Waals surface area contributed by atoms with E-state index in [9.17, 15) is 13.2 Å². The average molecular weight is 428 g/mol. The minimum atomic E-state index is -3.78. The Bertz CT molecular complexity index is 1320. The zero-order chi connectivity index (χ0) is 20.6. The number of hydrogen-bond donors (Lipinski definition) is 3. The van der Waals surface area contributed by atoms with Crippen molar-refractivity contribution in [2.45, 2.75) is 22.2 Å². The molecule has 1 atom stereocenters. The van der Waals surface area contributed by atoms with Gasteiger partial charge >= 0.3 is 0 Å². The van der Waals surface area contributed by atoms with Crippen LogP contribution in [0.4, 0.5) is 5.69 Å². The Morgan fingerprint density at radius 3 is 2.59 bits per heavy atom. The van der Waals surface area contributed by atoms with Crippen molar-refractivity contribution in [1.82, 2.24) is 20.2 Å². The van der Waals surface area contributed by atoms with Gasteiger partial charge in [0.2, 0.25) is 21.1 Å². The highest BCUT2D eigenvalue weighted by Gasteiger charge is 2.18. The number of nitrogens with one attached hydrogen (secondary N) is 2. The molecular weight excluding hydrogens is 412 g/mol. The number of anilines is 1. The van der Waals surface area contributed by atoms with Gasteiger partial charge in [0.05, 0.1) is 10.1 Å². The lowest BCUT2D eigenvalue weighted by molar-refractivity contribution is -0.115. The zero-order valence-electron chi connectivity index (χ0n) is 15.2. The van der Waals surface area contributed by atoms with Gasteiger partial charge in [-0.2, -0.15) is 0 Å². The zero-order valence-corrected chi connectivity index (χ0v) is 16.8. The first-order chi connectivity index (χ1) is 13.8. The van der Waals surface area contributed by atoms with Crippen LogP contribution in [-0.2, 0) is 14.8 Å². The molecule has 1 amide bonds. The highest BCUT2D eigenvalue weighted by molar-refractivity contribution is 8.00. The standard InChI is InChI=1S/C18H16N6O3S2/c1-10(17(25)20-11-6-8-12(9-7-11)29(19,26)27)28-18-22-16-15(23-24-18)13-4-2-3-5-14(13)21-16/h2-10H,1H3,(H,20,25)(H2,19,26,27)(H,21,22,24)/t10-/m1/s1. The van der Waals surface area contributed by atoms with Crippen LogP contribution in [-0.4, -0.2) is 39.7 Å². The van der Waals surface area contributed by atoms with Crippen molar-refractivity contribution in [3.63, 3.8) is 0 Å². The number of rotatable bonds is 5. The van der Waals surface area contributed by atoms with E-state index in [0.29, 0.717) is 22.0 Å². The van der Waals surface area contributed by atoms with Crippen LogP contribution in [0.1, 0.15) is 6.92 Å². The van der Waals surface area contributed by atoms with Crippen LogP contribution in [0, 0.1) is 0 Å². The number of H-pyrrole nitrogens is 1. The minimum Gasteiger partial charge on any atom is -0.338 e. The molecule has 4 rings (SSSR count). The fraction of sp³-hybridized carbons (Fsp3) is 0.111. The van der Waals surface area contributed by atoms with Gasteiger partial charge in [-0.1, -0.05) is 30.0 Å². The van der Waals surface area contributed by atoms with Crippen molar-refractivity contribution in [1.29, 1.82) is 0 Å². The molecule has 4 N–H and O–H groups in total. The number of primary sulfonamides is 1. The van der Waals surface area contributed by atoms with Gasteiger partial charge in [0, 0.05) is 16.6 Å². The van der Waals surface area contributed by atoms with Crippen molar-refractivity contribution < 1.29 is 13.2 Å². The fourth-order valence-electron chi connectivity index (χ4n) is 2.74. The summed E-state index contributed by atoms with van der Waals surface area (Å²) in [5.41, 5.74) is 2.66. The van der Waals surface area contributed by atoms with E-state index in [1.165, 1.54) is 36.0 Å². The maximum Gasteiger partial charge on any atom is 0.238 e. The second kappa shape index (κ2) is 7.43. The summed E-state index contributed by atoms with van der Waals surface area (Å²) in [5.74, 6) is -0.279. The van der Waals surface area contributed by atoms with Crippen LogP contribution in [0.25, 0.3) is 22.1 Å². The third-order valence-electron chi connectivity index (χ3n) is 4.20. The number of aromatic nitrogens is 4. The number of carbonyl (C=O) groups is 1. The van der Waals surface area contributed by atoms with Gasteiger partial charge in [-0.15, -0.1) is 10.2 Å². The first kappa shape index (κ1) is 19.3. The van der Waals surface area contributed by atoms with Gasteiger partial charge < -0.3 is 10.3 Å². The maximum absolute atomic E-state index is 12.4. The smallest absolute Gasteiger partial charge is 0.238 e. The van der Waals surface area contributed by atoms with Crippen molar-refractivity contribution >= 4 is 55.4 Å². The van der Waals surface area contributed by atoms with E-state index in [1.807, 2.05) is 24.3 Å². The number of nitrogens with zero attached hydrogens (tertiary/aromatic N) is 3. The lowest BCUT2D eigenvalue weighted by Crippen LogP contribution is -2.22. The molecule has 0 saturated heterocycles. The molecule has 11 heteroatoms. The molecule has 0 aliphatic rings. The van der Waals surface area contributed by atoms with Gasteiger partial charge in [-0.05, 0) is 37.3 Å². The number of benzene rings is 2. The summed E-state index contributed by atoms with van der Waals surface area (Å²) >= 11 is 1.17. The largest absolute Gasteiger partial charge is 0.338 e. The lowest BCUT2D eigenvalue weighted by atomic mass is 10.2. The van der Waals surface area contributed by atoms with Crippen molar-refractivity contribution in [2.24, 2.45) is 5.14 Å². The van der Waals surface area contributed by atoms with Gasteiger partial charge in [0.15, 0.2) is 5.65 Å². The topological polar surface area (TPSA) is 144 Å². The van der Waals surface area contributed by atoms with Crippen molar-refractivity contribution in [3.8, 4) is 0 Å². The first-order valence-electron chi connectivity index (χ1n) is 8.53. The summed E-state index contributed by atoms with van der Waals surface area (Å²) in [5, 5.41) is 16.9. The molecule has 4 aromatic rings. The first-order valence-corrected chi connectivity index (χ1v) is 11.0. The molecule has 0 bridgehead atoms. The van der Waals surface area contributed by atoms with E-state index >= 15 is 0 Å². The van der Waals surface area contributed by atoms with E-state index in [4.69, 9.17) is 5.14 Å². The predicted octanol–water partition coefficient (Wildman–Crippen LogP) is 2.27. The van der Waals surface area contributed by atoms with Crippen LogP contribution in [0.5, 0.6) is 0 Å². The Balaban J connectivity index is 1.47. The van der Waals surface area contributed by atoms with Crippen molar-refractivity contribution in [3.05, 3.63) is 48.5 Å². The average Bonchev–Trinajstić information content (AvgIpc) is 3.05. The summed E-state index contributed by atoms with van der Waals surface area (Å²) < 4.78 is 22.6. The summed E-state index contributed by atoms with van der Waals surface area (Å²) in [6, 6.07) is 13.3. The molecule has 2 heterocycles. The van der Waals surface area contributed by atoms with E-state index in [1.54, 1.807) is 6.92 Å². The number of amides is 1. The Morgan fingerprint density at radius 2 is 1.86 bits per heavy atom. The van der Waals surface area contributed by atoms with Gasteiger partial charge in [-0.25, -0.2) is 18.5 Å². The Labute approximate surface area is 170 Å². The Kier molecular flexibility index (Phi) is 4.94. The number of carbonyl (C=O) groups excluding carboxylic acids is 1. The van der Waals surface area contributed by atoms with Crippen LogP contribution in [0.15, 0.2) is 58.6 Å². The SMILES string of the molecule is C[C@@H](Sc1nnc2c(n1)[nH]c1ccccc12)C(=O)Nc1ccc(S(N)(=O)=O)cc1. The molecule has 2 aromatic carbocycles. The molecule has 9 nitrogen and oxygen atoms in total. The summed E-state index contributed by atoms with van der Waals surface area (Å²) in [6.45, 7) is 1.72. The number of para-hydroxylation sites is 1. The number of thioether (sulfide) groups is 1. The maximum atomic E-state index is 12.4. The molecule has 0 radical (unpaired) electrons. The summed E-state index contributed by atoms with van der Waals surface area (Å²) in [4.78, 5) is 20.1. The van der Waals surface area contributed by atoms with E-state index in [2.05, 4.69) is 25.5 Å². The van der Waals surface area contributed by atoms with E-state index in [-0.39, 0.29) is 10.8 Å². The second-order valence-electron chi connectivity index (χ2n) is 6.28. The number of aromatic amines is 1. The predicted molar refractivity (Wildman–Crippen MR) is 111 cm³/mol. The van der Waals surface area contributed by atoms with Gasteiger partial charge in [-0.3, -0.25) is 4.79 Å². The normalized spacial score (nSPS) is 12.9. The molecule has 148 valence electrons. The van der Waals surface area contributed by atoms with Gasteiger partial charge in [0.1, 0.15) is 5.52 Å². The highest BCUT2D eigenvalue weighted by atomic mass is 32.2. The molecule has 0 unspecified atom stereocenters. The molecule has 29 heavy (non-hydrogen) atoms. The third kappa shape index (κ3) is 4.06. The van der Waals surface area contributed by atoms with Crippen LogP contribution in [0.2, 0.25) is 0 Å². The second-order valence-corrected chi connectivity index (χ2v) is 9.15. The number of sulfonamides is 1. The van der Waals surface area contributed by atoms with E-state index in [0.717, 1.165) is 10.9 Å². The van der Waals surface area contributed by atoms with E-state index < -0.39 is 15.3 Å². The van der Waals surface area contributed by atoms with Crippen LogP contribution >= 0.6 is 11.8 Å². The Morgan fingerprint density at radius 1 is 1.14 bits per heavy atom. The van der Waals surface area contributed by atoms with Crippen LogP contribution in [0.3, 0.4) is 0 Å². The minimum absolute atomic E-state index is 0.0240. The lowest BCUT2D eigenvalue weighted by Gasteiger charge is -2.11. The third-order valence-corrected chi connectivity index (χ3v) is 6.08. The molecule has 2 aromatic heterocycles. The molecule has 0 fully saturated rings. The number of hydrogen-bond acceptors (Lipinski definition) is 7. The molecular formula is C18H16N6O3S2. The quantitative estimate of drug-likeness (QED) is 0.414. The van der Waals surface area contributed by atoms with Crippen LogP contribution < -0.4 is 10.5 Å². The summed E-state index contributed by atoms with van der Waals surface area (Å²) in [6.07, 6.45) is 0. The number of fused-ring (bicyclic) bond motifs is 3. The molecule has 0 saturated carbocycles. The molecule has 0 aliphatic carbocycles. The fourth-order valence-corrected chi connectivity index (χ4v) is 3.97. The van der Waals surface area contributed by atoms with Gasteiger partial charge in [0.25, 0.3) is 0 Å². The monoisotopic (exact) mass is 428 g/mol. The molecule has 0 spiro atoms. The molecule has 0 aliphatic heterocycles. The number of nitrogens with two attached hydrogens (primary N) is 1. The highest BCUT2D eigenvalue weighted by Crippen LogP contribution is 2.25. The Hall–Kier alpha value is -3.02.